The van der Waals surface area contributed by atoms with Crippen LogP contribution < -0.4 is 11.1 Å². The summed E-state index contributed by atoms with van der Waals surface area (Å²) in [6.45, 7) is 4.40. The van der Waals surface area contributed by atoms with Gasteiger partial charge in [0.05, 0.1) is 5.54 Å². The van der Waals surface area contributed by atoms with E-state index in [0.717, 1.165) is 0 Å². The highest BCUT2D eigenvalue weighted by molar-refractivity contribution is 5.89. The van der Waals surface area contributed by atoms with Crippen LogP contribution >= 0.6 is 0 Å². The number of carbonyl (C=O) groups excluding carboxylic acids is 1. The number of hydrogen-bond donors (Lipinski definition) is 3. The molecule has 0 aromatic carbocycles. The maximum atomic E-state index is 11.1. The Morgan fingerprint density at radius 3 is 2.17 bits per heavy atom. The number of nitrogens with one attached hydrogen (secondary N) is 1. The summed E-state index contributed by atoms with van der Waals surface area (Å²) in [5, 5.41) is 10.7. The van der Waals surface area contributed by atoms with Crippen molar-refractivity contribution >= 4 is 11.9 Å². The molecule has 1 amide bonds. The summed E-state index contributed by atoms with van der Waals surface area (Å²) in [6.07, 6.45) is 0. The molecule has 0 rings (SSSR count). The first-order valence-corrected chi connectivity index (χ1v) is 3.58. The van der Waals surface area contributed by atoms with E-state index < -0.39 is 23.5 Å². The van der Waals surface area contributed by atoms with Crippen molar-refractivity contribution in [3.63, 3.8) is 0 Å². The van der Waals surface area contributed by atoms with Gasteiger partial charge < -0.3 is 16.2 Å². The zero-order valence-corrected chi connectivity index (χ0v) is 7.42. The fourth-order valence-corrected chi connectivity index (χ4v) is 0.444. The molecule has 1 atom stereocenters. The Morgan fingerprint density at radius 2 is 1.92 bits per heavy atom. The molecular weight excluding hydrogens is 160 g/mol. The van der Waals surface area contributed by atoms with E-state index in [9.17, 15) is 9.59 Å². The first-order valence-electron chi connectivity index (χ1n) is 3.58. The van der Waals surface area contributed by atoms with Gasteiger partial charge in [0.2, 0.25) is 5.91 Å². The zero-order valence-electron chi connectivity index (χ0n) is 7.42. The lowest BCUT2D eigenvalue weighted by Gasteiger charge is -2.19. The van der Waals surface area contributed by atoms with Crippen molar-refractivity contribution in [2.24, 2.45) is 5.73 Å². The van der Waals surface area contributed by atoms with Gasteiger partial charge in [-0.1, -0.05) is 0 Å². The fraction of sp³-hybridized carbons (Fsp3) is 0.714. The van der Waals surface area contributed by atoms with Crippen LogP contribution in [-0.4, -0.2) is 28.6 Å². The second kappa shape index (κ2) is 3.53. The van der Waals surface area contributed by atoms with Crippen LogP contribution in [0.4, 0.5) is 0 Å². The molecule has 0 spiro atoms. The van der Waals surface area contributed by atoms with Crippen LogP contribution in [0.2, 0.25) is 0 Å². The van der Waals surface area contributed by atoms with E-state index in [-0.39, 0.29) is 0 Å². The van der Waals surface area contributed by atoms with Crippen LogP contribution in [-0.2, 0) is 9.59 Å². The van der Waals surface area contributed by atoms with Crippen LogP contribution in [0.5, 0.6) is 0 Å². The van der Waals surface area contributed by atoms with Crippen LogP contribution in [0, 0.1) is 0 Å². The van der Waals surface area contributed by atoms with Crippen molar-refractivity contribution in [3.8, 4) is 0 Å². The number of hydrogen-bond acceptors (Lipinski definition) is 3. The third kappa shape index (κ3) is 3.34. The summed E-state index contributed by atoms with van der Waals surface area (Å²) < 4.78 is 0. The van der Waals surface area contributed by atoms with Gasteiger partial charge in [0.25, 0.3) is 0 Å². The molecule has 0 radical (unpaired) electrons. The Morgan fingerprint density at radius 1 is 1.50 bits per heavy atom. The average Bonchev–Trinajstić information content (AvgIpc) is 1.85. The minimum atomic E-state index is -1.08. The molecule has 0 bridgehead atoms. The molecule has 0 aliphatic carbocycles. The van der Waals surface area contributed by atoms with Gasteiger partial charge in [-0.25, -0.2) is 0 Å². The molecule has 0 aliphatic rings. The van der Waals surface area contributed by atoms with Gasteiger partial charge >= 0.3 is 5.97 Å². The van der Waals surface area contributed by atoms with E-state index in [1.54, 1.807) is 0 Å². The highest BCUT2D eigenvalue weighted by atomic mass is 16.4. The molecule has 5 heteroatoms. The van der Waals surface area contributed by atoms with Gasteiger partial charge in [-0.2, -0.15) is 0 Å². The molecule has 0 fully saturated rings. The summed E-state index contributed by atoms with van der Waals surface area (Å²) in [6, 6.07) is -0.902. The van der Waals surface area contributed by atoms with Crippen LogP contribution in [0.3, 0.4) is 0 Å². The molecule has 4 N–H and O–H groups in total. The minimum Gasteiger partial charge on any atom is -0.480 e. The molecular formula is C7H14N2O3. The Hall–Kier alpha value is -1.10. The van der Waals surface area contributed by atoms with Crippen LogP contribution in [0.15, 0.2) is 0 Å². The SMILES string of the molecule is C[C@@H](NC(=O)C(C)(C)N)C(=O)O. The number of amides is 1. The topological polar surface area (TPSA) is 92.4 Å². The maximum absolute atomic E-state index is 11.1. The van der Waals surface area contributed by atoms with Crippen molar-refractivity contribution in [2.45, 2.75) is 32.4 Å². The van der Waals surface area contributed by atoms with Gasteiger partial charge in [0.1, 0.15) is 6.04 Å². The van der Waals surface area contributed by atoms with Crippen molar-refractivity contribution in [3.05, 3.63) is 0 Å². The highest BCUT2D eigenvalue weighted by Crippen LogP contribution is 1.96. The van der Waals surface area contributed by atoms with E-state index >= 15 is 0 Å². The quantitative estimate of drug-likeness (QED) is 0.528. The molecule has 5 nitrogen and oxygen atoms in total. The number of aliphatic carboxylic acids is 1. The lowest BCUT2D eigenvalue weighted by Crippen LogP contribution is -2.53. The largest absolute Gasteiger partial charge is 0.480 e. The van der Waals surface area contributed by atoms with Crippen LogP contribution in [0.1, 0.15) is 20.8 Å². The number of carboxylic acids is 1. The highest BCUT2D eigenvalue weighted by Gasteiger charge is 2.24. The Labute approximate surface area is 70.9 Å². The molecule has 0 heterocycles. The summed E-state index contributed by atoms with van der Waals surface area (Å²) >= 11 is 0. The Bertz CT molecular complexity index is 195. The number of rotatable bonds is 3. The summed E-state index contributed by atoms with van der Waals surface area (Å²) in [5.41, 5.74) is 4.38. The fourth-order valence-electron chi connectivity index (χ4n) is 0.444. The molecule has 70 valence electrons. The second-order valence-electron chi connectivity index (χ2n) is 3.26. The van der Waals surface area contributed by atoms with E-state index in [0.29, 0.717) is 0 Å². The van der Waals surface area contributed by atoms with E-state index in [4.69, 9.17) is 10.8 Å². The molecule has 0 saturated carbocycles. The van der Waals surface area contributed by atoms with Crippen molar-refractivity contribution < 1.29 is 14.7 Å². The van der Waals surface area contributed by atoms with Crippen LogP contribution in [0.25, 0.3) is 0 Å². The molecule has 0 aliphatic heterocycles. The average molecular weight is 174 g/mol. The van der Waals surface area contributed by atoms with Crippen molar-refractivity contribution in [1.29, 1.82) is 0 Å². The van der Waals surface area contributed by atoms with Crippen molar-refractivity contribution in [2.75, 3.05) is 0 Å². The smallest absolute Gasteiger partial charge is 0.325 e. The third-order valence-corrected chi connectivity index (χ3v) is 1.30. The predicted molar refractivity (Wildman–Crippen MR) is 43.5 cm³/mol. The summed E-state index contributed by atoms with van der Waals surface area (Å²) in [7, 11) is 0. The summed E-state index contributed by atoms with van der Waals surface area (Å²) in [4.78, 5) is 21.4. The lowest BCUT2D eigenvalue weighted by atomic mass is 10.1. The van der Waals surface area contributed by atoms with Gasteiger partial charge in [0, 0.05) is 0 Å². The van der Waals surface area contributed by atoms with E-state index in [1.807, 2.05) is 0 Å². The zero-order chi connectivity index (χ0) is 9.94. The molecule has 0 saturated heterocycles. The van der Waals surface area contributed by atoms with E-state index in [1.165, 1.54) is 20.8 Å². The van der Waals surface area contributed by atoms with Gasteiger partial charge in [-0.05, 0) is 20.8 Å². The Kier molecular flexibility index (Phi) is 3.21. The first kappa shape index (κ1) is 10.9. The van der Waals surface area contributed by atoms with E-state index in [2.05, 4.69) is 5.32 Å². The number of carboxylic acid groups (broad SMARTS) is 1. The molecule has 12 heavy (non-hydrogen) atoms. The maximum Gasteiger partial charge on any atom is 0.325 e. The molecule has 0 unspecified atom stereocenters. The number of nitrogens with two attached hydrogens (primary N) is 1. The van der Waals surface area contributed by atoms with Gasteiger partial charge in [0.15, 0.2) is 0 Å². The van der Waals surface area contributed by atoms with Crippen molar-refractivity contribution in [1.82, 2.24) is 5.32 Å². The predicted octanol–water partition coefficient (Wildman–Crippen LogP) is -0.687. The van der Waals surface area contributed by atoms with Gasteiger partial charge in [-0.3, -0.25) is 9.59 Å². The summed E-state index contributed by atoms with van der Waals surface area (Å²) in [5.74, 6) is -1.55. The third-order valence-electron chi connectivity index (χ3n) is 1.30. The first-order chi connectivity index (χ1) is 5.25. The molecule has 0 aromatic heterocycles. The second-order valence-corrected chi connectivity index (χ2v) is 3.26. The lowest BCUT2D eigenvalue weighted by molar-refractivity contribution is -0.141. The normalized spacial score (nSPS) is 13.7. The monoisotopic (exact) mass is 174 g/mol. The number of carbonyl (C=O) groups is 2. The standard InChI is InChI=1S/C7H14N2O3/c1-4(5(10)11)9-6(12)7(2,3)8/h4H,8H2,1-3H3,(H,9,12)(H,10,11)/t4-/m1/s1. The molecule has 0 aromatic rings. The Balaban J connectivity index is 4.11. The minimum absolute atomic E-state index is 0.475. The van der Waals surface area contributed by atoms with Gasteiger partial charge in [-0.15, -0.1) is 0 Å².